The average Bonchev–Trinajstić information content (AvgIpc) is 3.47. The first-order valence-electron chi connectivity index (χ1n) is 10.1. The molecule has 1 fully saturated rings. The van der Waals surface area contributed by atoms with Crippen LogP contribution in [0.1, 0.15) is 46.1 Å². The summed E-state index contributed by atoms with van der Waals surface area (Å²) in [6.07, 6.45) is 1.74. The van der Waals surface area contributed by atoms with E-state index in [1.807, 2.05) is 55.5 Å². The van der Waals surface area contributed by atoms with Crippen LogP contribution in [0.5, 0.6) is 5.75 Å². The second kappa shape index (κ2) is 9.26. The molecule has 1 atom stereocenters. The monoisotopic (exact) mass is 436 g/mol. The van der Waals surface area contributed by atoms with Crippen LogP contribution in [0.4, 0.5) is 0 Å². The van der Waals surface area contributed by atoms with Gasteiger partial charge in [-0.05, 0) is 54.6 Å². The molecule has 3 aromatic rings. The molecule has 31 heavy (non-hydrogen) atoms. The van der Waals surface area contributed by atoms with Crippen molar-refractivity contribution < 1.29 is 14.3 Å². The lowest BCUT2D eigenvalue weighted by atomic mass is 10.0. The van der Waals surface area contributed by atoms with Gasteiger partial charge in [0, 0.05) is 18.0 Å². The fourth-order valence-corrected chi connectivity index (χ4v) is 3.97. The van der Waals surface area contributed by atoms with Crippen LogP contribution >= 0.6 is 11.5 Å². The van der Waals surface area contributed by atoms with Gasteiger partial charge in [-0.15, -0.1) is 5.10 Å². The van der Waals surface area contributed by atoms with Crippen LogP contribution in [0.25, 0.3) is 0 Å². The van der Waals surface area contributed by atoms with E-state index in [-0.39, 0.29) is 23.6 Å². The van der Waals surface area contributed by atoms with Crippen LogP contribution in [-0.2, 0) is 11.3 Å². The van der Waals surface area contributed by atoms with Crippen LogP contribution < -0.4 is 10.1 Å². The maximum atomic E-state index is 13.4. The maximum absolute atomic E-state index is 13.4. The van der Waals surface area contributed by atoms with Crippen molar-refractivity contribution in [1.29, 1.82) is 0 Å². The van der Waals surface area contributed by atoms with E-state index in [9.17, 15) is 9.59 Å². The Hall–Kier alpha value is -3.26. The summed E-state index contributed by atoms with van der Waals surface area (Å²) in [5.74, 6) is 0.280. The van der Waals surface area contributed by atoms with Crippen molar-refractivity contribution in [1.82, 2.24) is 19.8 Å². The summed E-state index contributed by atoms with van der Waals surface area (Å²) >= 11 is 1.13. The molecule has 0 spiro atoms. The first kappa shape index (κ1) is 21.0. The molecular weight excluding hydrogens is 412 g/mol. The van der Waals surface area contributed by atoms with E-state index in [4.69, 9.17) is 4.74 Å². The second-order valence-corrected chi connectivity index (χ2v) is 8.23. The normalized spacial score (nSPS) is 14.0. The SMILES string of the molecule is COc1ccc(CNC(=O)[C@@H](c2cccc(C)c2)N(C(=O)c2csnn2)C2CC2)cc1. The van der Waals surface area contributed by atoms with Gasteiger partial charge in [0.1, 0.15) is 11.8 Å². The van der Waals surface area contributed by atoms with Gasteiger partial charge >= 0.3 is 0 Å². The van der Waals surface area contributed by atoms with Gasteiger partial charge in [0.05, 0.1) is 7.11 Å². The molecular formula is C23H24N4O3S. The standard InChI is InChI=1S/C23H24N4O3S/c1-15-4-3-5-17(12-15)21(22(28)24-13-16-6-10-19(30-2)11-7-16)27(18-8-9-18)23(29)20-14-31-26-25-20/h3-7,10-12,14,18,21H,8-9,13H2,1-2H3,(H,24,28)/t21-/m1/s1. The van der Waals surface area contributed by atoms with Crippen molar-refractivity contribution in [3.63, 3.8) is 0 Å². The zero-order valence-electron chi connectivity index (χ0n) is 17.4. The summed E-state index contributed by atoms with van der Waals surface area (Å²) in [5.41, 5.74) is 3.04. The number of amides is 2. The first-order chi connectivity index (χ1) is 15.1. The fourth-order valence-electron chi connectivity index (χ4n) is 3.54. The van der Waals surface area contributed by atoms with E-state index in [1.165, 1.54) is 0 Å². The van der Waals surface area contributed by atoms with Crippen LogP contribution in [0.3, 0.4) is 0 Å². The summed E-state index contributed by atoms with van der Waals surface area (Å²) in [6, 6.07) is 14.6. The Balaban J connectivity index is 1.61. The lowest BCUT2D eigenvalue weighted by molar-refractivity contribution is -0.126. The highest BCUT2D eigenvalue weighted by Gasteiger charge is 2.42. The first-order valence-corrected chi connectivity index (χ1v) is 11.0. The molecule has 4 rings (SSSR count). The zero-order valence-corrected chi connectivity index (χ0v) is 18.3. The number of aromatic nitrogens is 2. The molecule has 160 valence electrons. The van der Waals surface area contributed by atoms with Gasteiger partial charge in [-0.3, -0.25) is 9.59 Å². The van der Waals surface area contributed by atoms with E-state index >= 15 is 0 Å². The molecule has 1 saturated carbocycles. The second-order valence-electron chi connectivity index (χ2n) is 7.62. The van der Waals surface area contributed by atoms with Gasteiger partial charge < -0.3 is 15.0 Å². The molecule has 0 unspecified atom stereocenters. The molecule has 1 heterocycles. The quantitative estimate of drug-likeness (QED) is 0.584. The van der Waals surface area contributed by atoms with Crippen molar-refractivity contribution in [3.05, 3.63) is 76.3 Å². The summed E-state index contributed by atoms with van der Waals surface area (Å²) in [5, 5.41) is 8.58. The van der Waals surface area contributed by atoms with Crippen LogP contribution in [0.2, 0.25) is 0 Å². The highest BCUT2D eigenvalue weighted by molar-refractivity contribution is 7.03. The third kappa shape index (κ3) is 4.91. The number of hydrogen-bond acceptors (Lipinski definition) is 6. The topological polar surface area (TPSA) is 84.4 Å². The Morgan fingerprint density at radius 3 is 2.61 bits per heavy atom. The highest BCUT2D eigenvalue weighted by Crippen LogP contribution is 2.36. The lowest BCUT2D eigenvalue weighted by Gasteiger charge is -2.31. The summed E-state index contributed by atoms with van der Waals surface area (Å²) < 4.78 is 9.01. The number of nitrogens with one attached hydrogen (secondary N) is 1. The van der Waals surface area contributed by atoms with E-state index in [2.05, 4.69) is 14.9 Å². The highest BCUT2D eigenvalue weighted by atomic mass is 32.1. The average molecular weight is 437 g/mol. The van der Waals surface area contributed by atoms with Crippen LogP contribution in [0.15, 0.2) is 53.9 Å². The van der Waals surface area contributed by atoms with Crippen molar-refractivity contribution in [3.8, 4) is 5.75 Å². The Morgan fingerprint density at radius 1 is 1.23 bits per heavy atom. The van der Waals surface area contributed by atoms with E-state index < -0.39 is 6.04 Å². The number of carbonyl (C=O) groups is 2. The summed E-state index contributed by atoms with van der Waals surface area (Å²) in [7, 11) is 1.62. The van der Waals surface area contributed by atoms with Gasteiger partial charge in [-0.2, -0.15) is 0 Å². The molecule has 0 saturated heterocycles. The van der Waals surface area contributed by atoms with Crippen molar-refractivity contribution in [2.75, 3.05) is 7.11 Å². The molecule has 1 aromatic heterocycles. The molecule has 0 radical (unpaired) electrons. The number of hydrogen-bond donors (Lipinski definition) is 1. The number of nitrogens with zero attached hydrogens (tertiary/aromatic N) is 3. The smallest absolute Gasteiger partial charge is 0.276 e. The minimum atomic E-state index is -0.736. The minimum absolute atomic E-state index is 0.0199. The van der Waals surface area contributed by atoms with Gasteiger partial charge in [-0.1, -0.05) is 46.4 Å². The molecule has 2 aromatic carbocycles. The fraction of sp³-hybridized carbons (Fsp3) is 0.304. The molecule has 7 nitrogen and oxygen atoms in total. The third-order valence-electron chi connectivity index (χ3n) is 5.26. The number of benzene rings is 2. The third-order valence-corrected chi connectivity index (χ3v) is 5.77. The molecule has 2 amide bonds. The Bertz CT molecular complexity index is 1050. The number of carbonyl (C=O) groups excluding carboxylic acids is 2. The minimum Gasteiger partial charge on any atom is -0.497 e. The van der Waals surface area contributed by atoms with E-state index in [0.29, 0.717) is 6.54 Å². The number of rotatable bonds is 8. The van der Waals surface area contributed by atoms with Gasteiger partial charge in [0.25, 0.3) is 5.91 Å². The molecule has 1 aliphatic rings. The van der Waals surface area contributed by atoms with E-state index in [0.717, 1.165) is 46.8 Å². The number of methoxy groups -OCH3 is 1. The Labute approximate surface area is 185 Å². The largest absolute Gasteiger partial charge is 0.497 e. The number of aryl methyl sites for hydroxylation is 1. The van der Waals surface area contributed by atoms with Crippen LogP contribution in [-0.4, -0.2) is 39.5 Å². The summed E-state index contributed by atoms with van der Waals surface area (Å²) in [6.45, 7) is 2.33. The number of ether oxygens (including phenoxy) is 1. The van der Waals surface area contributed by atoms with Crippen molar-refractivity contribution in [2.45, 2.75) is 38.4 Å². The predicted molar refractivity (Wildman–Crippen MR) is 118 cm³/mol. The van der Waals surface area contributed by atoms with Crippen molar-refractivity contribution in [2.24, 2.45) is 0 Å². The van der Waals surface area contributed by atoms with Crippen molar-refractivity contribution >= 4 is 23.3 Å². The Kier molecular flexibility index (Phi) is 6.27. The molecule has 1 aliphatic carbocycles. The van der Waals surface area contributed by atoms with Crippen LogP contribution in [0, 0.1) is 6.92 Å². The summed E-state index contributed by atoms with van der Waals surface area (Å²) in [4.78, 5) is 28.4. The maximum Gasteiger partial charge on any atom is 0.276 e. The van der Waals surface area contributed by atoms with Gasteiger partial charge in [0.2, 0.25) is 5.91 Å². The molecule has 0 bridgehead atoms. The van der Waals surface area contributed by atoms with E-state index in [1.54, 1.807) is 17.4 Å². The lowest BCUT2D eigenvalue weighted by Crippen LogP contribution is -2.45. The molecule has 0 aliphatic heterocycles. The zero-order chi connectivity index (χ0) is 21.8. The van der Waals surface area contributed by atoms with Gasteiger partial charge in [0.15, 0.2) is 5.69 Å². The molecule has 1 N–H and O–H groups in total. The van der Waals surface area contributed by atoms with Gasteiger partial charge in [-0.25, -0.2) is 0 Å². The Morgan fingerprint density at radius 2 is 2.00 bits per heavy atom. The predicted octanol–water partition coefficient (Wildman–Crippen LogP) is 3.52. The molecule has 8 heteroatoms.